The minimum absolute atomic E-state index is 0.192. The molecule has 0 aliphatic heterocycles. The van der Waals surface area contributed by atoms with Crippen molar-refractivity contribution in [3.05, 3.63) is 82.4 Å². The maximum atomic E-state index is 6.07. The molecule has 1 unspecified atom stereocenters. The molecule has 1 atom stereocenters. The maximum absolute atomic E-state index is 6.07. The Balaban J connectivity index is 1.82. The van der Waals surface area contributed by atoms with Gasteiger partial charge in [-0.25, -0.2) is 4.98 Å². The van der Waals surface area contributed by atoms with Crippen molar-refractivity contribution >= 4 is 23.2 Å². The van der Waals surface area contributed by atoms with Gasteiger partial charge in [0, 0.05) is 18.0 Å². The van der Waals surface area contributed by atoms with Gasteiger partial charge in [-0.15, -0.1) is 0 Å². The summed E-state index contributed by atoms with van der Waals surface area (Å²) in [6, 6.07) is 13.8. The highest BCUT2D eigenvalue weighted by molar-refractivity contribution is 6.42. The fourth-order valence-electron chi connectivity index (χ4n) is 2.72. The van der Waals surface area contributed by atoms with Gasteiger partial charge in [0.2, 0.25) is 0 Å². The van der Waals surface area contributed by atoms with Crippen molar-refractivity contribution in [1.82, 2.24) is 9.55 Å². The average molecular weight is 361 g/mol. The maximum Gasteiger partial charge on any atom is 0.125 e. The molecule has 3 nitrogen and oxygen atoms in total. The number of ether oxygens (including phenoxy) is 1. The highest BCUT2D eigenvalue weighted by Crippen LogP contribution is 2.31. The van der Waals surface area contributed by atoms with Gasteiger partial charge in [0.15, 0.2) is 0 Å². The molecular formula is C19H18Cl2N2O. The van der Waals surface area contributed by atoms with Gasteiger partial charge in [-0.05, 0) is 30.2 Å². The third kappa shape index (κ3) is 3.74. The number of benzene rings is 2. The molecule has 1 heterocycles. The molecule has 0 aliphatic rings. The van der Waals surface area contributed by atoms with Crippen LogP contribution in [0.3, 0.4) is 0 Å². The zero-order valence-corrected chi connectivity index (χ0v) is 14.8. The van der Waals surface area contributed by atoms with Gasteiger partial charge in [0.25, 0.3) is 0 Å². The summed E-state index contributed by atoms with van der Waals surface area (Å²) in [7, 11) is 0. The fourth-order valence-corrected chi connectivity index (χ4v) is 3.04. The van der Waals surface area contributed by atoms with Crippen LogP contribution in [-0.4, -0.2) is 9.55 Å². The summed E-state index contributed by atoms with van der Waals surface area (Å²) in [6.45, 7) is 2.59. The largest absolute Gasteiger partial charge is 0.489 e. The lowest BCUT2D eigenvalue weighted by Crippen LogP contribution is -2.10. The molecule has 0 N–H and O–H groups in total. The Bertz CT molecular complexity index is 803. The van der Waals surface area contributed by atoms with Crippen LogP contribution in [0.15, 0.2) is 61.2 Å². The Hall–Kier alpha value is -1.97. The highest BCUT2D eigenvalue weighted by Gasteiger charge is 2.16. The molecule has 0 saturated carbocycles. The Kier molecular flexibility index (Phi) is 5.44. The van der Waals surface area contributed by atoms with Crippen LogP contribution in [0.4, 0.5) is 0 Å². The first-order valence-electron chi connectivity index (χ1n) is 7.82. The van der Waals surface area contributed by atoms with Crippen molar-refractivity contribution in [2.75, 3.05) is 0 Å². The number of imidazole rings is 1. The van der Waals surface area contributed by atoms with Crippen LogP contribution in [0.1, 0.15) is 30.5 Å². The quantitative estimate of drug-likeness (QED) is 0.557. The van der Waals surface area contributed by atoms with Gasteiger partial charge >= 0.3 is 0 Å². The van der Waals surface area contributed by atoms with E-state index in [4.69, 9.17) is 27.9 Å². The zero-order valence-electron chi connectivity index (χ0n) is 13.3. The third-order valence-electron chi connectivity index (χ3n) is 3.93. The molecule has 0 fully saturated rings. The summed E-state index contributed by atoms with van der Waals surface area (Å²) in [5.74, 6) is 0.865. The molecule has 0 aliphatic carbocycles. The van der Waals surface area contributed by atoms with Crippen molar-refractivity contribution in [2.24, 2.45) is 0 Å². The van der Waals surface area contributed by atoms with E-state index in [1.807, 2.05) is 42.9 Å². The predicted molar refractivity (Wildman–Crippen MR) is 97.9 cm³/mol. The minimum atomic E-state index is 0.192. The van der Waals surface area contributed by atoms with E-state index < -0.39 is 0 Å². The van der Waals surface area contributed by atoms with Crippen LogP contribution in [0, 0.1) is 0 Å². The number of para-hydroxylation sites is 1. The smallest absolute Gasteiger partial charge is 0.125 e. The number of rotatable bonds is 6. The number of halogens is 2. The molecule has 1 aromatic heterocycles. The second kappa shape index (κ2) is 7.73. The fraction of sp³-hybridized carbons (Fsp3) is 0.211. The van der Waals surface area contributed by atoms with Gasteiger partial charge in [-0.2, -0.15) is 0 Å². The molecule has 0 saturated heterocycles. The van der Waals surface area contributed by atoms with E-state index >= 15 is 0 Å². The van der Waals surface area contributed by atoms with Gasteiger partial charge < -0.3 is 9.30 Å². The molecule has 2 aromatic carbocycles. The van der Waals surface area contributed by atoms with Crippen molar-refractivity contribution in [1.29, 1.82) is 0 Å². The number of nitrogens with zero attached hydrogens (tertiary/aromatic N) is 2. The van der Waals surface area contributed by atoms with Crippen LogP contribution in [0.25, 0.3) is 0 Å². The van der Waals surface area contributed by atoms with E-state index in [-0.39, 0.29) is 6.04 Å². The van der Waals surface area contributed by atoms with Crippen LogP contribution in [0.2, 0.25) is 10.0 Å². The molecule has 124 valence electrons. The number of aromatic nitrogens is 2. The minimum Gasteiger partial charge on any atom is -0.489 e. The molecule has 3 aromatic rings. The van der Waals surface area contributed by atoms with Crippen molar-refractivity contribution < 1.29 is 4.74 Å². The Morgan fingerprint density at radius 3 is 2.67 bits per heavy atom. The molecule has 3 rings (SSSR count). The van der Waals surface area contributed by atoms with E-state index in [1.54, 1.807) is 12.3 Å². The average Bonchev–Trinajstić information content (AvgIpc) is 3.12. The Labute approximate surface area is 151 Å². The van der Waals surface area contributed by atoms with E-state index in [2.05, 4.69) is 22.5 Å². The van der Waals surface area contributed by atoms with E-state index in [9.17, 15) is 0 Å². The van der Waals surface area contributed by atoms with Crippen LogP contribution < -0.4 is 4.74 Å². The molecule has 0 spiro atoms. The van der Waals surface area contributed by atoms with E-state index in [0.717, 1.165) is 23.3 Å². The van der Waals surface area contributed by atoms with E-state index in [1.165, 1.54) is 0 Å². The first kappa shape index (κ1) is 16.9. The van der Waals surface area contributed by atoms with Crippen LogP contribution in [0.5, 0.6) is 5.75 Å². The van der Waals surface area contributed by atoms with E-state index in [0.29, 0.717) is 16.7 Å². The van der Waals surface area contributed by atoms with Crippen molar-refractivity contribution in [3.63, 3.8) is 0 Å². The topological polar surface area (TPSA) is 27.1 Å². The second-order valence-corrected chi connectivity index (χ2v) is 6.32. The summed E-state index contributed by atoms with van der Waals surface area (Å²) >= 11 is 12.0. The summed E-state index contributed by atoms with van der Waals surface area (Å²) in [5.41, 5.74) is 2.12. The molecular weight excluding hydrogens is 343 g/mol. The summed E-state index contributed by atoms with van der Waals surface area (Å²) < 4.78 is 8.16. The lowest BCUT2D eigenvalue weighted by molar-refractivity contribution is 0.299. The SMILES string of the molecule is CCC(c1ccccc1OCc1ccc(Cl)c(Cl)c1)n1ccnc1. The standard InChI is InChI=1S/C19H18Cl2N2O/c1-2-18(23-10-9-22-13-23)15-5-3-4-6-19(15)24-12-14-7-8-16(20)17(21)11-14/h3-11,13,18H,2,12H2,1H3. The zero-order chi connectivity index (χ0) is 16.9. The van der Waals surface area contributed by atoms with Crippen molar-refractivity contribution in [2.45, 2.75) is 26.0 Å². The molecule has 24 heavy (non-hydrogen) atoms. The number of hydrogen-bond acceptors (Lipinski definition) is 2. The van der Waals surface area contributed by atoms with Gasteiger partial charge in [0.1, 0.15) is 12.4 Å². The summed E-state index contributed by atoms with van der Waals surface area (Å²) in [4.78, 5) is 4.15. The molecule has 5 heteroatoms. The predicted octanol–water partition coefficient (Wildman–Crippen LogP) is 5.77. The molecule has 0 radical (unpaired) electrons. The molecule has 0 amide bonds. The Morgan fingerprint density at radius 2 is 1.96 bits per heavy atom. The Morgan fingerprint density at radius 1 is 1.12 bits per heavy atom. The van der Waals surface area contributed by atoms with Crippen LogP contribution in [-0.2, 0) is 6.61 Å². The van der Waals surface area contributed by atoms with Gasteiger partial charge in [-0.1, -0.05) is 54.4 Å². The molecule has 0 bridgehead atoms. The highest BCUT2D eigenvalue weighted by atomic mass is 35.5. The lowest BCUT2D eigenvalue weighted by Gasteiger charge is -2.20. The summed E-state index contributed by atoms with van der Waals surface area (Å²) in [5, 5.41) is 1.09. The lowest BCUT2D eigenvalue weighted by atomic mass is 10.0. The van der Waals surface area contributed by atoms with Gasteiger partial charge in [0.05, 0.1) is 22.4 Å². The van der Waals surface area contributed by atoms with Crippen molar-refractivity contribution in [3.8, 4) is 5.75 Å². The summed E-state index contributed by atoms with van der Waals surface area (Å²) in [6.07, 6.45) is 6.55. The first-order valence-corrected chi connectivity index (χ1v) is 8.57. The normalized spacial score (nSPS) is 12.1. The first-order chi connectivity index (χ1) is 11.7. The van der Waals surface area contributed by atoms with Crippen LogP contribution >= 0.6 is 23.2 Å². The monoisotopic (exact) mass is 360 g/mol. The number of hydrogen-bond donors (Lipinski definition) is 0. The second-order valence-electron chi connectivity index (χ2n) is 5.51. The third-order valence-corrected chi connectivity index (χ3v) is 4.67. The van der Waals surface area contributed by atoms with Gasteiger partial charge in [-0.3, -0.25) is 0 Å².